The van der Waals surface area contributed by atoms with Crippen LogP contribution in [0.2, 0.25) is 0 Å². The first-order chi connectivity index (χ1) is 8.69. The van der Waals surface area contributed by atoms with Gasteiger partial charge >= 0.3 is 5.97 Å². The van der Waals surface area contributed by atoms with Gasteiger partial charge in [-0.05, 0) is 12.3 Å². The molecule has 1 unspecified atom stereocenters. The van der Waals surface area contributed by atoms with E-state index in [0.717, 1.165) is 0 Å². The predicted molar refractivity (Wildman–Crippen MR) is 64.8 cm³/mol. The van der Waals surface area contributed by atoms with Crippen molar-refractivity contribution in [2.75, 3.05) is 11.5 Å². The molecule has 108 valence electrons. The summed E-state index contributed by atoms with van der Waals surface area (Å²) in [7, 11) is -3.08. The van der Waals surface area contributed by atoms with E-state index in [1.165, 1.54) is 0 Å². The number of sulfone groups is 1. The minimum Gasteiger partial charge on any atom is -0.480 e. The minimum atomic E-state index is -3.08. The molecule has 0 radical (unpaired) electrons. The Balaban J connectivity index is 2.49. The van der Waals surface area contributed by atoms with Crippen molar-refractivity contribution in [1.82, 2.24) is 5.32 Å². The monoisotopic (exact) mass is 292 g/mol. The zero-order valence-corrected chi connectivity index (χ0v) is 11.0. The Morgan fingerprint density at radius 2 is 2.00 bits per heavy atom. The van der Waals surface area contributed by atoms with Crippen molar-refractivity contribution in [2.45, 2.75) is 25.3 Å². The van der Waals surface area contributed by atoms with E-state index in [1.807, 2.05) is 0 Å². The van der Waals surface area contributed by atoms with Crippen LogP contribution in [-0.2, 0) is 24.2 Å². The maximum absolute atomic E-state index is 11.6. The van der Waals surface area contributed by atoms with Crippen LogP contribution in [0.3, 0.4) is 0 Å². The van der Waals surface area contributed by atoms with Gasteiger partial charge in [-0.3, -0.25) is 9.59 Å². The fraction of sp³-hybridized carbons (Fsp3) is 0.700. The van der Waals surface area contributed by atoms with E-state index < -0.39 is 40.1 Å². The van der Waals surface area contributed by atoms with Crippen LogP contribution >= 0.6 is 0 Å². The van der Waals surface area contributed by atoms with E-state index in [0.29, 0.717) is 6.42 Å². The molecule has 19 heavy (non-hydrogen) atoms. The fourth-order valence-electron chi connectivity index (χ4n) is 1.95. The molecule has 0 aromatic heterocycles. The van der Waals surface area contributed by atoms with Crippen LogP contribution in [0.25, 0.3) is 0 Å². The maximum Gasteiger partial charge on any atom is 0.326 e. The van der Waals surface area contributed by atoms with Gasteiger partial charge in [-0.25, -0.2) is 13.2 Å². The Kier molecular flexibility index (Phi) is 4.87. The molecule has 0 aliphatic carbocycles. The van der Waals surface area contributed by atoms with E-state index in [1.54, 1.807) is 0 Å². The molecule has 8 nitrogen and oxygen atoms in total. The number of hydrogen-bond donors (Lipinski definition) is 3. The van der Waals surface area contributed by atoms with E-state index in [9.17, 15) is 22.8 Å². The molecule has 1 aliphatic rings. The largest absolute Gasteiger partial charge is 0.480 e. The smallest absolute Gasteiger partial charge is 0.326 e. The van der Waals surface area contributed by atoms with E-state index in [2.05, 4.69) is 5.32 Å². The average molecular weight is 292 g/mol. The van der Waals surface area contributed by atoms with Crippen LogP contribution in [0.4, 0.5) is 0 Å². The molecule has 2 amide bonds. The van der Waals surface area contributed by atoms with Crippen LogP contribution in [0.15, 0.2) is 0 Å². The van der Waals surface area contributed by atoms with Crippen LogP contribution in [0.1, 0.15) is 19.3 Å². The summed E-state index contributed by atoms with van der Waals surface area (Å²) in [6, 6.07) is -1.37. The Morgan fingerprint density at radius 1 is 1.37 bits per heavy atom. The fourth-order valence-corrected chi connectivity index (χ4v) is 3.81. The van der Waals surface area contributed by atoms with Gasteiger partial charge in [-0.1, -0.05) is 0 Å². The molecule has 0 bridgehead atoms. The summed E-state index contributed by atoms with van der Waals surface area (Å²) in [5.74, 6) is -3.09. The summed E-state index contributed by atoms with van der Waals surface area (Å²) in [5, 5.41) is 11.0. The molecule has 1 fully saturated rings. The zero-order valence-electron chi connectivity index (χ0n) is 10.2. The van der Waals surface area contributed by atoms with Crippen molar-refractivity contribution in [3.05, 3.63) is 0 Å². The lowest BCUT2D eigenvalue weighted by Gasteiger charge is -2.14. The first-order valence-corrected chi connectivity index (χ1v) is 7.52. The summed E-state index contributed by atoms with van der Waals surface area (Å²) in [4.78, 5) is 33.0. The van der Waals surface area contributed by atoms with Gasteiger partial charge < -0.3 is 16.2 Å². The van der Waals surface area contributed by atoms with E-state index >= 15 is 0 Å². The van der Waals surface area contributed by atoms with Crippen LogP contribution in [-0.4, -0.2) is 48.9 Å². The van der Waals surface area contributed by atoms with Crippen LogP contribution in [0, 0.1) is 5.92 Å². The first-order valence-electron chi connectivity index (χ1n) is 5.70. The Hall–Kier alpha value is -1.64. The number of amides is 2. The van der Waals surface area contributed by atoms with Crippen molar-refractivity contribution in [3.63, 3.8) is 0 Å². The molecule has 0 saturated carbocycles. The number of carbonyl (C=O) groups excluding carboxylic acids is 2. The zero-order chi connectivity index (χ0) is 14.6. The van der Waals surface area contributed by atoms with E-state index in [-0.39, 0.29) is 23.8 Å². The minimum absolute atomic E-state index is 0.0502. The normalized spacial score (nSPS) is 22.6. The highest BCUT2D eigenvalue weighted by molar-refractivity contribution is 7.91. The number of primary amides is 1. The first kappa shape index (κ1) is 15.4. The second kappa shape index (κ2) is 6.00. The van der Waals surface area contributed by atoms with Gasteiger partial charge in [-0.2, -0.15) is 0 Å². The van der Waals surface area contributed by atoms with Gasteiger partial charge in [0.1, 0.15) is 6.04 Å². The summed E-state index contributed by atoms with van der Waals surface area (Å²) < 4.78 is 22.4. The topological polar surface area (TPSA) is 144 Å². The lowest BCUT2D eigenvalue weighted by atomic mass is 10.0. The highest BCUT2D eigenvalue weighted by atomic mass is 32.2. The van der Waals surface area contributed by atoms with Crippen LogP contribution in [0.5, 0.6) is 0 Å². The Bertz CT molecular complexity index is 486. The lowest BCUT2D eigenvalue weighted by molar-refractivity contribution is -0.143. The molecule has 1 rings (SSSR count). The summed E-state index contributed by atoms with van der Waals surface area (Å²) in [6.45, 7) is 0. The standard InChI is InChI=1S/C10H16N2O6S/c11-8(13)4-7(10(15)16)12-9(14)3-6-1-2-19(17,18)5-6/h6-7H,1-5H2,(H2,11,13)(H,12,14)(H,15,16)/t6?,7-/m1/s1. The summed E-state index contributed by atoms with van der Waals surface area (Å²) >= 11 is 0. The highest BCUT2D eigenvalue weighted by Crippen LogP contribution is 2.21. The highest BCUT2D eigenvalue weighted by Gasteiger charge is 2.30. The van der Waals surface area contributed by atoms with Gasteiger partial charge in [-0.15, -0.1) is 0 Å². The number of nitrogens with one attached hydrogen (secondary N) is 1. The Labute approximate surface area is 110 Å². The SMILES string of the molecule is NC(=O)C[C@@H](NC(=O)CC1CCS(=O)(=O)C1)C(=O)O. The van der Waals surface area contributed by atoms with Gasteiger partial charge in [0, 0.05) is 6.42 Å². The van der Waals surface area contributed by atoms with Crippen molar-refractivity contribution in [1.29, 1.82) is 0 Å². The number of nitrogens with two attached hydrogens (primary N) is 1. The molecule has 0 aromatic rings. The average Bonchev–Trinajstić information content (AvgIpc) is 2.56. The summed E-state index contributed by atoms with van der Waals surface area (Å²) in [5.41, 5.74) is 4.87. The Morgan fingerprint density at radius 3 is 2.42 bits per heavy atom. The van der Waals surface area contributed by atoms with Crippen molar-refractivity contribution in [2.24, 2.45) is 11.7 Å². The molecule has 0 aromatic carbocycles. The number of aliphatic carboxylic acids is 1. The predicted octanol–water partition coefficient (Wildman–Crippen LogP) is -1.74. The molecular formula is C10H16N2O6S. The van der Waals surface area contributed by atoms with Crippen LogP contribution < -0.4 is 11.1 Å². The lowest BCUT2D eigenvalue weighted by Crippen LogP contribution is -2.43. The molecule has 1 aliphatic heterocycles. The second-order valence-electron chi connectivity index (χ2n) is 4.60. The molecule has 0 spiro atoms. The van der Waals surface area contributed by atoms with Gasteiger partial charge in [0.05, 0.1) is 17.9 Å². The third-order valence-electron chi connectivity index (χ3n) is 2.84. The number of carboxylic acid groups (broad SMARTS) is 1. The van der Waals surface area contributed by atoms with Gasteiger partial charge in [0.25, 0.3) is 0 Å². The van der Waals surface area contributed by atoms with Crippen molar-refractivity contribution < 1.29 is 27.9 Å². The van der Waals surface area contributed by atoms with Gasteiger partial charge in [0.15, 0.2) is 9.84 Å². The number of hydrogen-bond acceptors (Lipinski definition) is 5. The number of carbonyl (C=O) groups is 3. The third kappa shape index (κ3) is 5.25. The van der Waals surface area contributed by atoms with E-state index in [4.69, 9.17) is 10.8 Å². The molecule has 4 N–H and O–H groups in total. The number of rotatable bonds is 6. The molecule has 9 heteroatoms. The quantitative estimate of drug-likeness (QED) is 0.530. The van der Waals surface area contributed by atoms with Crippen molar-refractivity contribution in [3.8, 4) is 0 Å². The van der Waals surface area contributed by atoms with Gasteiger partial charge in [0.2, 0.25) is 11.8 Å². The molecule has 1 heterocycles. The molecule has 1 saturated heterocycles. The molecule has 2 atom stereocenters. The summed E-state index contributed by atoms with van der Waals surface area (Å²) in [6.07, 6.45) is -0.172. The maximum atomic E-state index is 11.6. The van der Waals surface area contributed by atoms with Crippen molar-refractivity contribution >= 4 is 27.6 Å². The molecular weight excluding hydrogens is 276 g/mol. The number of carboxylic acids is 1. The second-order valence-corrected chi connectivity index (χ2v) is 6.83. The third-order valence-corrected chi connectivity index (χ3v) is 4.68.